The van der Waals surface area contributed by atoms with E-state index in [2.05, 4.69) is 22.9 Å². The second kappa shape index (κ2) is 6.23. The van der Waals surface area contributed by atoms with Crippen molar-refractivity contribution in [3.8, 4) is 0 Å². The van der Waals surface area contributed by atoms with Gasteiger partial charge in [-0.3, -0.25) is 15.3 Å². The van der Waals surface area contributed by atoms with Crippen LogP contribution in [-0.4, -0.2) is 28.8 Å². The summed E-state index contributed by atoms with van der Waals surface area (Å²) in [5.41, 5.74) is 7.75. The second-order valence-electron chi connectivity index (χ2n) is 4.01. The molecule has 16 heavy (non-hydrogen) atoms. The molecule has 1 aromatic rings. The highest BCUT2D eigenvalue weighted by molar-refractivity contribution is 5.76. The van der Waals surface area contributed by atoms with E-state index in [0.717, 1.165) is 19.6 Å². The molecule has 0 aliphatic rings. The van der Waals surface area contributed by atoms with Crippen molar-refractivity contribution < 1.29 is 0 Å². The van der Waals surface area contributed by atoms with Gasteiger partial charge in [-0.25, -0.2) is 0 Å². The number of hydrogen-bond acceptors (Lipinski definition) is 3. The van der Waals surface area contributed by atoms with Crippen LogP contribution in [0.1, 0.15) is 24.5 Å². The zero-order valence-electron chi connectivity index (χ0n) is 10.0. The van der Waals surface area contributed by atoms with Gasteiger partial charge in [0.2, 0.25) is 0 Å². The number of rotatable bonds is 6. The van der Waals surface area contributed by atoms with Crippen LogP contribution in [-0.2, 0) is 6.54 Å². The summed E-state index contributed by atoms with van der Waals surface area (Å²) in [4.78, 5) is 6.43. The maximum absolute atomic E-state index is 7.22. The molecule has 0 saturated heterocycles. The molecule has 4 heteroatoms. The van der Waals surface area contributed by atoms with Crippen molar-refractivity contribution in [2.24, 2.45) is 5.73 Å². The summed E-state index contributed by atoms with van der Waals surface area (Å²) in [6, 6.07) is 2.14. The second-order valence-corrected chi connectivity index (χ2v) is 4.01. The van der Waals surface area contributed by atoms with Crippen LogP contribution >= 0.6 is 0 Å². The highest BCUT2D eigenvalue weighted by atomic mass is 15.1. The maximum atomic E-state index is 7.22. The van der Waals surface area contributed by atoms with Crippen LogP contribution in [0.2, 0.25) is 0 Å². The molecule has 0 radical (unpaired) electrons. The van der Waals surface area contributed by atoms with Crippen LogP contribution in [0.15, 0.2) is 18.5 Å². The third-order valence-corrected chi connectivity index (χ3v) is 2.48. The van der Waals surface area contributed by atoms with Gasteiger partial charge in [0.1, 0.15) is 0 Å². The van der Waals surface area contributed by atoms with Gasteiger partial charge in [-0.05, 0) is 24.6 Å². The van der Waals surface area contributed by atoms with Gasteiger partial charge in [0, 0.05) is 31.9 Å². The number of aromatic nitrogens is 1. The molecule has 0 atom stereocenters. The number of nitrogens with one attached hydrogen (secondary N) is 1. The molecule has 0 aliphatic carbocycles. The molecule has 0 bridgehead atoms. The lowest BCUT2D eigenvalue weighted by Crippen LogP contribution is -2.27. The first-order valence-electron chi connectivity index (χ1n) is 5.57. The number of nitrogens with two attached hydrogens (primary N) is 1. The predicted octanol–water partition coefficient (Wildman–Crippen LogP) is 1.54. The van der Waals surface area contributed by atoms with E-state index in [1.807, 2.05) is 19.3 Å². The highest BCUT2D eigenvalue weighted by Crippen LogP contribution is 2.06. The van der Waals surface area contributed by atoms with Crippen LogP contribution in [0.4, 0.5) is 0 Å². The lowest BCUT2D eigenvalue weighted by Gasteiger charge is -2.19. The van der Waals surface area contributed by atoms with Gasteiger partial charge in [-0.2, -0.15) is 0 Å². The number of amidine groups is 1. The van der Waals surface area contributed by atoms with Crippen molar-refractivity contribution in [1.82, 2.24) is 9.88 Å². The summed E-state index contributed by atoms with van der Waals surface area (Å²) in [5, 5.41) is 7.22. The molecule has 0 amide bonds. The van der Waals surface area contributed by atoms with Gasteiger partial charge in [-0.1, -0.05) is 13.0 Å². The van der Waals surface area contributed by atoms with Crippen LogP contribution in [0, 0.1) is 12.3 Å². The van der Waals surface area contributed by atoms with Crippen molar-refractivity contribution in [2.45, 2.75) is 26.8 Å². The third-order valence-electron chi connectivity index (χ3n) is 2.48. The summed E-state index contributed by atoms with van der Waals surface area (Å²) in [6.45, 7) is 6.82. The van der Waals surface area contributed by atoms with E-state index in [1.54, 1.807) is 0 Å². The smallest absolute Gasteiger partial charge is 0.0918 e. The lowest BCUT2D eigenvalue weighted by atomic mass is 10.2. The molecule has 0 aliphatic heterocycles. The average Bonchev–Trinajstić information content (AvgIpc) is 2.24. The number of hydrogen-bond donors (Lipinski definition) is 2. The molecule has 1 heterocycles. The first-order valence-corrected chi connectivity index (χ1v) is 5.57. The number of nitrogens with zero attached hydrogens (tertiary/aromatic N) is 2. The summed E-state index contributed by atoms with van der Waals surface area (Å²) in [7, 11) is 0. The van der Waals surface area contributed by atoms with Gasteiger partial charge in [0.15, 0.2) is 0 Å². The summed E-state index contributed by atoms with van der Waals surface area (Å²) < 4.78 is 0. The van der Waals surface area contributed by atoms with Gasteiger partial charge >= 0.3 is 0 Å². The third kappa shape index (κ3) is 4.40. The molecule has 1 rings (SSSR count). The monoisotopic (exact) mass is 220 g/mol. The molecular weight excluding hydrogens is 200 g/mol. The zero-order valence-corrected chi connectivity index (χ0v) is 10.0. The Morgan fingerprint density at radius 3 is 2.81 bits per heavy atom. The fourth-order valence-corrected chi connectivity index (χ4v) is 1.59. The molecule has 0 aromatic carbocycles. The Bertz CT molecular complexity index is 349. The van der Waals surface area contributed by atoms with Crippen molar-refractivity contribution >= 4 is 5.84 Å². The minimum absolute atomic E-state index is 0.251. The average molecular weight is 220 g/mol. The molecule has 4 nitrogen and oxygen atoms in total. The van der Waals surface area contributed by atoms with Crippen molar-refractivity contribution in [3.63, 3.8) is 0 Å². The van der Waals surface area contributed by atoms with Gasteiger partial charge in [-0.15, -0.1) is 0 Å². The molecule has 1 aromatic heterocycles. The van der Waals surface area contributed by atoms with Crippen molar-refractivity contribution in [2.75, 3.05) is 13.1 Å². The van der Waals surface area contributed by atoms with Gasteiger partial charge < -0.3 is 5.73 Å². The number of aryl methyl sites for hydroxylation is 1. The van der Waals surface area contributed by atoms with Crippen molar-refractivity contribution in [1.29, 1.82) is 5.41 Å². The standard InChI is InChI=1S/C12H20N4/c1-3-16(5-4-12(13)14)9-11-6-10(2)7-15-8-11/h6-8H,3-5,9H2,1-2H3,(H3,13,14). The normalized spacial score (nSPS) is 10.7. The predicted molar refractivity (Wildman–Crippen MR) is 66.5 cm³/mol. The Labute approximate surface area is 97.0 Å². The Hall–Kier alpha value is -1.42. The first kappa shape index (κ1) is 12.6. The van der Waals surface area contributed by atoms with E-state index in [4.69, 9.17) is 11.1 Å². The maximum Gasteiger partial charge on any atom is 0.0918 e. The summed E-state index contributed by atoms with van der Waals surface area (Å²) in [6.07, 6.45) is 4.38. The van der Waals surface area contributed by atoms with E-state index in [0.29, 0.717) is 6.42 Å². The van der Waals surface area contributed by atoms with Crippen molar-refractivity contribution in [3.05, 3.63) is 29.6 Å². The SMILES string of the molecule is CCN(CCC(=N)N)Cc1cncc(C)c1. The van der Waals surface area contributed by atoms with E-state index in [-0.39, 0.29) is 5.84 Å². The highest BCUT2D eigenvalue weighted by Gasteiger charge is 2.04. The minimum Gasteiger partial charge on any atom is -0.388 e. The van der Waals surface area contributed by atoms with E-state index < -0.39 is 0 Å². The van der Waals surface area contributed by atoms with E-state index in [9.17, 15) is 0 Å². The minimum atomic E-state index is 0.251. The van der Waals surface area contributed by atoms with Crippen LogP contribution in [0.25, 0.3) is 0 Å². The van der Waals surface area contributed by atoms with Crippen LogP contribution in [0.5, 0.6) is 0 Å². The summed E-state index contributed by atoms with van der Waals surface area (Å²) >= 11 is 0. The fourth-order valence-electron chi connectivity index (χ4n) is 1.59. The quantitative estimate of drug-likeness (QED) is 0.564. The van der Waals surface area contributed by atoms with Crippen LogP contribution < -0.4 is 5.73 Å². The first-order chi connectivity index (χ1) is 7.61. The molecule has 3 N–H and O–H groups in total. The molecule has 0 saturated carbocycles. The van der Waals surface area contributed by atoms with E-state index in [1.165, 1.54) is 11.1 Å². The lowest BCUT2D eigenvalue weighted by molar-refractivity contribution is 0.288. The fraction of sp³-hybridized carbons (Fsp3) is 0.500. The molecule has 0 fully saturated rings. The Morgan fingerprint density at radius 2 is 2.25 bits per heavy atom. The van der Waals surface area contributed by atoms with E-state index >= 15 is 0 Å². The largest absolute Gasteiger partial charge is 0.388 e. The summed E-state index contributed by atoms with van der Waals surface area (Å²) in [5.74, 6) is 0.251. The Morgan fingerprint density at radius 1 is 1.50 bits per heavy atom. The molecule has 0 spiro atoms. The van der Waals surface area contributed by atoms with Crippen LogP contribution in [0.3, 0.4) is 0 Å². The number of pyridine rings is 1. The molecule has 0 unspecified atom stereocenters. The zero-order chi connectivity index (χ0) is 12.0. The molecular formula is C12H20N4. The van der Waals surface area contributed by atoms with Gasteiger partial charge in [0.05, 0.1) is 5.84 Å². The van der Waals surface area contributed by atoms with Gasteiger partial charge in [0.25, 0.3) is 0 Å². The topological polar surface area (TPSA) is 66.0 Å². The molecule has 88 valence electrons. The Balaban J connectivity index is 2.52. The Kier molecular flexibility index (Phi) is 4.92.